The van der Waals surface area contributed by atoms with Crippen LogP contribution in [-0.4, -0.2) is 20.4 Å². The van der Waals surface area contributed by atoms with Gasteiger partial charge in [-0.2, -0.15) is 0 Å². The maximum Gasteiger partial charge on any atom is 0.254 e. The van der Waals surface area contributed by atoms with E-state index in [1.165, 1.54) is 47.2 Å². The molecule has 0 saturated heterocycles. The lowest BCUT2D eigenvalue weighted by atomic mass is 10.0. The van der Waals surface area contributed by atoms with Crippen LogP contribution in [0.4, 0.5) is 8.78 Å². The van der Waals surface area contributed by atoms with Crippen molar-refractivity contribution in [3.05, 3.63) is 99.4 Å². The topological polar surface area (TPSA) is 90.9 Å². The Morgan fingerprint density at radius 2 is 1.74 bits per heavy atom. The van der Waals surface area contributed by atoms with Gasteiger partial charge in [0.15, 0.2) is 0 Å². The smallest absolute Gasteiger partial charge is 0.254 e. The minimum atomic E-state index is -0.898. The third-order valence-corrected chi connectivity index (χ3v) is 5.06. The molecule has 2 heterocycles. The molecule has 0 bridgehead atoms. The molecule has 6 nitrogen and oxygen atoms in total. The van der Waals surface area contributed by atoms with Crippen LogP contribution in [-0.2, 0) is 12.8 Å². The van der Waals surface area contributed by atoms with Crippen molar-refractivity contribution in [3.63, 3.8) is 0 Å². The number of rotatable bonds is 5. The second-order valence-corrected chi connectivity index (χ2v) is 7.18. The number of amides is 1. The summed E-state index contributed by atoms with van der Waals surface area (Å²) in [5, 5.41) is 0.150. The zero-order chi connectivity index (χ0) is 22.1. The van der Waals surface area contributed by atoms with E-state index in [4.69, 9.17) is 5.73 Å². The van der Waals surface area contributed by atoms with Crippen LogP contribution in [0.15, 0.2) is 59.8 Å². The Labute approximate surface area is 176 Å². The average molecular weight is 420 g/mol. The van der Waals surface area contributed by atoms with Gasteiger partial charge in [-0.15, -0.1) is 0 Å². The Hall–Kier alpha value is -3.94. The van der Waals surface area contributed by atoms with E-state index in [2.05, 4.69) is 9.97 Å². The summed E-state index contributed by atoms with van der Waals surface area (Å²) in [7, 11) is 0. The summed E-state index contributed by atoms with van der Waals surface area (Å²) >= 11 is 0. The Kier molecular flexibility index (Phi) is 5.29. The van der Waals surface area contributed by atoms with Crippen LogP contribution in [0.3, 0.4) is 0 Å². The van der Waals surface area contributed by atoms with Gasteiger partial charge in [0.05, 0.1) is 5.52 Å². The number of carbonyl (C=O) groups excluding carboxylic acids is 1. The molecule has 8 heteroatoms. The van der Waals surface area contributed by atoms with Gasteiger partial charge in [-0.25, -0.2) is 18.7 Å². The number of nitrogens with zero attached hydrogens (tertiary/aromatic N) is 3. The van der Waals surface area contributed by atoms with E-state index in [1.54, 1.807) is 19.3 Å². The molecular weight excluding hydrogens is 402 g/mol. The number of carbonyl (C=O) groups is 1. The fourth-order valence-corrected chi connectivity index (χ4v) is 3.40. The van der Waals surface area contributed by atoms with Gasteiger partial charge in [0.2, 0.25) is 5.43 Å². The fourth-order valence-electron chi connectivity index (χ4n) is 3.40. The standard InChI is InChI=1S/C23H18F2N4O2/c1-13-27-10-14(11-28-13)2-3-15-8-18-21(9-20(15)25)29(12-19(22(18)30)23(26)31)17-6-4-16(24)5-7-17/h4-12H,2-3H2,1H3,(H2,26,31). The second kappa shape index (κ2) is 8.06. The minimum absolute atomic E-state index is 0.150. The van der Waals surface area contributed by atoms with Gasteiger partial charge in [-0.3, -0.25) is 9.59 Å². The van der Waals surface area contributed by atoms with Gasteiger partial charge < -0.3 is 10.3 Å². The third-order valence-electron chi connectivity index (χ3n) is 5.06. The van der Waals surface area contributed by atoms with Crippen molar-refractivity contribution in [3.8, 4) is 5.69 Å². The van der Waals surface area contributed by atoms with Crippen molar-refractivity contribution in [2.24, 2.45) is 5.73 Å². The lowest BCUT2D eigenvalue weighted by Gasteiger charge is -2.14. The maximum atomic E-state index is 14.9. The number of hydrogen-bond acceptors (Lipinski definition) is 4. The molecule has 31 heavy (non-hydrogen) atoms. The van der Waals surface area contributed by atoms with Crippen molar-refractivity contribution in [1.82, 2.24) is 14.5 Å². The van der Waals surface area contributed by atoms with Crippen LogP contribution < -0.4 is 11.2 Å². The molecule has 156 valence electrons. The van der Waals surface area contributed by atoms with Crippen molar-refractivity contribution in [2.75, 3.05) is 0 Å². The number of nitrogens with two attached hydrogens (primary N) is 1. The number of aryl methyl sites for hydroxylation is 3. The Morgan fingerprint density at radius 3 is 2.39 bits per heavy atom. The largest absolute Gasteiger partial charge is 0.365 e. The van der Waals surface area contributed by atoms with Gasteiger partial charge in [-0.1, -0.05) is 0 Å². The number of halogens is 2. The normalized spacial score (nSPS) is 11.1. The molecule has 2 aromatic carbocycles. The van der Waals surface area contributed by atoms with E-state index in [0.29, 0.717) is 29.9 Å². The number of hydrogen-bond donors (Lipinski definition) is 1. The Morgan fingerprint density at radius 1 is 1.06 bits per heavy atom. The predicted molar refractivity (Wildman–Crippen MR) is 112 cm³/mol. The SMILES string of the molecule is Cc1ncc(CCc2cc3c(=O)c(C(N)=O)cn(-c4ccc(F)cc4)c3cc2F)cn1. The number of fused-ring (bicyclic) bond motifs is 1. The second-order valence-electron chi connectivity index (χ2n) is 7.18. The van der Waals surface area contributed by atoms with E-state index in [1.807, 2.05) is 0 Å². The summed E-state index contributed by atoms with van der Waals surface area (Å²) in [5.41, 5.74) is 6.43. The van der Waals surface area contributed by atoms with Gasteiger partial charge in [-0.05, 0) is 67.3 Å². The van der Waals surface area contributed by atoms with Crippen molar-refractivity contribution < 1.29 is 13.6 Å². The van der Waals surface area contributed by atoms with E-state index in [-0.39, 0.29) is 16.5 Å². The van der Waals surface area contributed by atoms with E-state index in [9.17, 15) is 18.4 Å². The summed E-state index contributed by atoms with van der Waals surface area (Å²) in [4.78, 5) is 33.0. The monoisotopic (exact) mass is 420 g/mol. The molecule has 0 radical (unpaired) electrons. The first-order chi connectivity index (χ1) is 14.8. The highest BCUT2D eigenvalue weighted by Gasteiger charge is 2.17. The van der Waals surface area contributed by atoms with Gasteiger partial charge >= 0.3 is 0 Å². The highest BCUT2D eigenvalue weighted by molar-refractivity contribution is 5.96. The Bertz CT molecular complexity index is 1350. The van der Waals surface area contributed by atoms with Crippen LogP contribution in [0.5, 0.6) is 0 Å². The minimum Gasteiger partial charge on any atom is -0.365 e. The van der Waals surface area contributed by atoms with E-state index >= 15 is 0 Å². The summed E-state index contributed by atoms with van der Waals surface area (Å²) < 4.78 is 29.7. The van der Waals surface area contributed by atoms with Gasteiger partial charge in [0.1, 0.15) is 23.0 Å². The number of aromatic nitrogens is 3. The molecule has 0 atom stereocenters. The van der Waals surface area contributed by atoms with Crippen LogP contribution in [0.1, 0.15) is 27.3 Å². The molecule has 0 saturated carbocycles. The van der Waals surface area contributed by atoms with Gasteiger partial charge in [0, 0.05) is 29.7 Å². The first kappa shape index (κ1) is 20.3. The van der Waals surface area contributed by atoms with Gasteiger partial charge in [0.25, 0.3) is 5.91 Å². The molecule has 1 amide bonds. The number of primary amides is 1. The quantitative estimate of drug-likeness (QED) is 0.537. The molecule has 0 fully saturated rings. The van der Waals surface area contributed by atoms with Crippen molar-refractivity contribution in [2.45, 2.75) is 19.8 Å². The van der Waals surface area contributed by atoms with Crippen molar-refractivity contribution >= 4 is 16.8 Å². The van der Waals surface area contributed by atoms with Crippen LogP contribution in [0, 0.1) is 18.6 Å². The molecule has 2 aromatic heterocycles. The molecule has 0 aliphatic heterocycles. The van der Waals surface area contributed by atoms with Crippen LogP contribution in [0.2, 0.25) is 0 Å². The first-order valence-corrected chi connectivity index (χ1v) is 9.54. The zero-order valence-electron chi connectivity index (χ0n) is 16.6. The summed E-state index contributed by atoms with van der Waals surface area (Å²) in [6.45, 7) is 1.77. The third kappa shape index (κ3) is 4.05. The molecule has 0 unspecified atom stereocenters. The fraction of sp³-hybridized carbons (Fsp3) is 0.130. The first-order valence-electron chi connectivity index (χ1n) is 9.54. The number of pyridine rings is 1. The molecule has 4 aromatic rings. The summed E-state index contributed by atoms with van der Waals surface area (Å²) in [5.74, 6) is -1.20. The molecule has 2 N–H and O–H groups in total. The summed E-state index contributed by atoms with van der Waals surface area (Å²) in [6, 6.07) is 8.08. The van der Waals surface area contributed by atoms with Crippen LogP contribution in [0.25, 0.3) is 16.6 Å². The highest BCUT2D eigenvalue weighted by atomic mass is 19.1. The lowest BCUT2D eigenvalue weighted by molar-refractivity contribution is 0.0999. The molecule has 0 spiro atoms. The molecule has 0 aliphatic carbocycles. The molecular formula is C23H18F2N4O2. The zero-order valence-corrected chi connectivity index (χ0v) is 16.6. The lowest BCUT2D eigenvalue weighted by Crippen LogP contribution is -2.24. The average Bonchev–Trinajstić information content (AvgIpc) is 2.74. The predicted octanol–water partition coefficient (Wildman–Crippen LogP) is 3.25. The van der Waals surface area contributed by atoms with Crippen LogP contribution >= 0.6 is 0 Å². The van der Waals surface area contributed by atoms with E-state index in [0.717, 1.165) is 5.56 Å². The van der Waals surface area contributed by atoms with Crippen molar-refractivity contribution in [1.29, 1.82) is 0 Å². The Balaban J connectivity index is 1.84. The summed E-state index contributed by atoms with van der Waals surface area (Å²) in [6.07, 6.45) is 5.39. The molecule has 4 rings (SSSR count). The maximum absolute atomic E-state index is 14.9. The van der Waals surface area contributed by atoms with E-state index < -0.39 is 23.0 Å². The highest BCUT2D eigenvalue weighted by Crippen LogP contribution is 2.23. The number of benzene rings is 2. The molecule has 0 aliphatic rings.